The second-order valence-electron chi connectivity index (χ2n) is 5.97. The summed E-state index contributed by atoms with van der Waals surface area (Å²) in [5, 5.41) is 0. The summed E-state index contributed by atoms with van der Waals surface area (Å²) in [6.07, 6.45) is 1.45. The molecule has 0 unspecified atom stereocenters. The molecular weight excluding hydrogens is 376 g/mol. The number of ether oxygens (including phenoxy) is 1. The first kappa shape index (κ1) is 19.7. The standard InChI is InChI=1S/C21H20N2O4S/c1-2-27-21(24)18-12-13-22-19(14-18)15-23-28(25,26)20-10-8-17(9-11-20)16-6-4-3-5-7-16/h3-14,23H,2,15H2,1H3. The highest BCUT2D eigenvalue weighted by molar-refractivity contribution is 7.89. The van der Waals surface area contributed by atoms with Crippen molar-refractivity contribution in [3.63, 3.8) is 0 Å². The van der Waals surface area contributed by atoms with Crippen molar-refractivity contribution in [2.45, 2.75) is 18.4 Å². The maximum Gasteiger partial charge on any atom is 0.338 e. The average Bonchev–Trinajstić information content (AvgIpc) is 2.73. The fourth-order valence-corrected chi connectivity index (χ4v) is 3.62. The first-order chi connectivity index (χ1) is 13.5. The van der Waals surface area contributed by atoms with E-state index < -0.39 is 16.0 Å². The fourth-order valence-electron chi connectivity index (χ4n) is 2.63. The van der Waals surface area contributed by atoms with Crippen LogP contribution in [0.4, 0.5) is 0 Å². The summed E-state index contributed by atoms with van der Waals surface area (Å²) >= 11 is 0. The molecule has 28 heavy (non-hydrogen) atoms. The highest BCUT2D eigenvalue weighted by Gasteiger charge is 2.15. The van der Waals surface area contributed by atoms with Gasteiger partial charge in [0, 0.05) is 6.20 Å². The molecule has 0 atom stereocenters. The minimum Gasteiger partial charge on any atom is -0.462 e. The molecule has 0 aliphatic rings. The molecule has 1 aromatic heterocycles. The Morgan fingerprint density at radius 3 is 2.36 bits per heavy atom. The van der Waals surface area contributed by atoms with Crippen molar-refractivity contribution >= 4 is 16.0 Å². The van der Waals surface area contributed by atoms with Gasteiger partial charge < -0.3 is 4.74 Å². The van der Waals surface area contributed by atoms with E-state index in [0.29, 0.717) is 11.3 Å². The number of hydrogen-bond donors (Lipinski definition) is 1. The molecule has 3 aromatic rings. The number of nitrogens with one attached hydrogen (secondary N) is 1. The number of rotatable bonds is 7. The number of benzene rings is 2. The van der Waals surface area contributed by atoms with Crippen molar-refractivity contribution in [1.29, 1.82) is 0 Å². The minimum absolute atomic E-state index is 0.0317. The fraction of sp³-hybridized carbons (Fsp3) is 0.143. The highest BCUT2D eigenvalue weighted by atomic mass is 32.2. The number of carbonyl (C=O) groups is 1. The van der Waals surface area contributed by atoms with Crippen LogP contribution < -0.4 is 4.72 Å². The van der Waals surface area contributed by atoms with Crippen LogP contribution in [0.5, 0.6) is 0 Å². The maximum absolute atomic E-state index is 12.5. The van der Waals surface area contributed by atoms with Crippen LogP contribution >= 0.6 is 0 Å². The highest BCUT2D eigenvalue weighted by Crippen LogP contribution is 2.21. The zero-order valence-electron chi connectivity index (χ0n) is 15.3. The van der Waals surface area contributed by atoms with Gasteiger partial charge in [-0.2, -0.15) is 0 Å². The van der Waals surface area contributed by atoms with E-state index in [1.165, 1.54) is 18.3 Å². The summed E-state index contributed by atoms with van der Waals surface area (Å²) in [4.78, 5) is 16.0. The van der Waals surface area contributed by atoms with Gasteiger partial charge in [0.05, 0.1) is 29.3 Å². The number of sulfonamides is 1. The summed E-state index contributed by atoms with van der Waals surface area (Å²) < 4.78 is 32.5. The van der Waals surface area contributed by atoms with E-state index in [-0.39, 0.29) is 18.0 Å². The maximum atomic E-state index is 12.5. The lowest BCUT2D eigenvalue weighted by atomic mass is 10.1. The lowest BCUT2D eigenvalue weighted by Gasteiger charge is -2.09. The van der Waals surface area contributed by atoms with Crippen LogP contribution in [0.1, 0.15) is 23.0 Å². The molecule has 0 bridgehead atoms. The third-order valence-corrected chi connectivity index (χ3v) is 5.46. The number of carbonyl (C=O) groups excluding carboxylic acids is 1. The Bertz CT molecular complexity index is 1050. The number of nitrogens with zero attached hydrogens (tertiary/aromatic N) is 1. The number of pyridine rings is 1. The summed E-state index contributed by atoms with van der Waals surface area (Å²) in [5.74, 6) is -0.467. The van der Waals surface area contributed by atoms with E-state index in [1.807, 2.05) is 30.3 Å². The van der Waals surface area contributed by atoms with Gasteiger partial charge >= 0.3 is 5.97 Å². The molecule has 6 nitrogen and oxygen atoms in total. The molecule has 1 heterocycles. The molecule has 7 heteroatoms. The van der Waals surface area contributed by atoms with E-state index >= 15 is 0 Å². The van der Waals surface area contributed by atoms with Gasteiger partial charge in [-0.3, -0.25) is 4.98 Å². The molecule has 0 saturated heterocycles. The van der Waals surface area contributed by atoms with Crippen LogP contribution in [0.3, 0.4) is 0 Å². The SMILES string of the molecule is CCOC(=O)c1ccnc(CNS(=O)(=O)c2ccc(-c3ccccc3)cc2)c1. The Hall–Kier alpha value is -3.03. The second kappa shape index (κ2) is 8.77. The molecule has 0 aliphatic heterocycles. The summed E-state index contributed by atoms with van der Waals surface area (Å²) in [6.45, 7) is 1.95. The van der Waals surface area contributed by atoms with Crippen molar-refractivity contribution in [3.8, 4) is 11.1 Å². The van der Waals surface area contributed by atoms with Crippen LogP contribution in [0.2, 0.25) is 0 Å². The molecule has 3 rings (SSSR count). The van der Waals surface area contributed by atoms with E-state index in [2.05, 4.69) is 9.71 Å². The molecule has 0 aliphatic carbocycles. The Balaban J connectivity index is 1.70. The van der Waals surface area contributed by atoms with E-state index in [1.54, 1.807) is 31.2 Å². The normalized spacial score (nSPS) is 11.2. The molecule has 0 radical (unpaired) electrons. The Morgan fingerprint density at radius 1 is 1.00 bits per heavy atom. The van der Waals surface area contributed by atoms with E-state index in [9.17, 15) is 13.2 Å². The molecule has 0 fully saturated rings. The molecule has 0 spiro atoms. The zero-order valence-corrected chi connectivity index (χ0v) is 16.1. The third kappa shape index (κ3) is 4.82. The van der Waals surface area contributed by atoms with Gasteiger partial charge in [0.1, 0.15) is 0 Å². The number of esters is 1. The molecule has 0 saturated carbocycles. The van der Waals surface area contributed by atoms with E-state index in [0.717, 1.165) is 11.1 Å². The first-order valence-electron chi connectivity index (χ1n) is 8.77. The third-order valence-electron chi connectivity index (χ3n) is 4.04. The van der Waals surface area contributed by atoms with Crippen LogP contribution in [0.25, 0.3) is 11.1 Å². The molecule has 1 N–H and O–H groups in total. The van der Waals surface area contributed by atoms with Crippen molar-refractivity contribution in [2.75, 3.05) is 6.61 Å². The largest absolute Gasteiger partial charge is 0.462 e. The zero-order chi connectivity index (χ0) is 20.0. The van der Waals surface area contributed by atoms with Gasteiger partial charge in [-0.1, -0.05) is 42.5 Å². The molecular formula is C21H20N2O4S. The van der Waals surface area contributed by atoms with Gasteiger partial charge in [-0.15, -0.1) is 0 Å². The predicted molar refractivity (Wildman–Crippen MR) is 106 cm³/mol. The topological polar surface area (TPSA) is 85.4 Å². The minimum atomic E-state index is -3.71. The monoisotopic (exact) mass is 396 g/mol. The first-order valence-corrected chi connectivity index (χ1v) is 10.2. The van der Waals surface area contributed by atoms with Crippen molar-refractivity contribution in [1.82, 2.24) is 9.71 Å². The molecule has 0 amide bonds. The second-order valence-corrected chi connectivity index (χ2v) is 7.74. The summed E-state index contributed by atoms with van der Waals surface area (Å²) in [7, 11) is -3.71. The summed E-state index contributed by atoms with van der Waals surface area (Å²) in [5.41, 5.74) is 2.70. The average molecular weight is 396 g/mol. The quantitative estimate of drug-likeness (QED) is 0.619. The van der Waals surface area contributed by atoms with E-state index in [4.69, 9.17) is 4.74 Å². The summed E-state index contributed by atoms with van der Waals surface area (Å²) in [6, 6.07) is 19.4. The van der Waals surface area contributed by atoms with Crippen molar-refractivity contribution < 1.29 is 17.9 Å². The van der Waals surface area contributed by atoms with Crippen LogP contribution in [-0.4, -0.2) is 26.0 Å². The van der Waals surface area contributed by atoms with Gasteiger partial charge in [0.2, 0.25) is 10.0 Å². The van der Waals surface area contributed by atoms with Gasteiger partial charge in [-0.05, 0) is 42.3 Å². The predicted octanol–water partition coefficient (Wildman–Crippen LogP) is 3.40. The smallest absolute Gasteiger partial charge is 0.338 e. The van der Waals surface area contributed by atoms with Crippen LogP contribution in [0.15, 0.2) is 77.8 Å². The van der Waals surface area contributed by atoms with Gasteiger partial charge in [0.25, 0.3) is 0 Å². The lowest BCUT2D eigenvalue weighted by molar-refractivity contribution is 0.0526. The van der Waals surface area contributed by atoms with Crippen LogP contribution in [-0.2, 0) is 21.3 Å². The number of aromatic nitrogens is 1. The van der Waals surface area contributed by atoms with Gasteiger partial charge in [0.15, 0.2) is 0 Å². The van der Waals surface area contributed by atoms with Crippen molar-refractivity contribution in [3.05, 3.63) is 84.2 Å². The Morgan fingerprint density at radius 2 is 1.68 bits per heavy atom. The number of hydrogen-bond acceptors (Lipinski definition) is 5. The van der Waals surface area contributed by atoms with Crippen LogP contribution in [0, 0.1) is 0 Å². The Kier molecular flexibility index (Phi) is 6.18. The molecule has 144 valence electrons. The molecule has 2 aromatic carbocycles. The van der Waals surface area contributed by atoms with Gasteiger partial charge in [-0.25, -0.2) is 17.9 Å². The lowest BCUT2D eigenvalue weighted by Crippen LogP contribution is -2.24. The Labute approximate surface area is 164 Å². The van der Waals surface area contributed by atoms with Crippen molar-refractivity contribution in [2.24, 2.45) is 0 Å².